The van der Waals surface area contributed by atoms with Gasteiger partial charge in [0, 0.05) is 22.9 Å². The predicted octanol–water partition coefficient (Wildman–Crippen LogP) is 4.49. The lowest BCUT2D eigenvalue weighted by Gasteiger charge is -2.08. The number of nitrogens with zero attached hydrogens (tertiary/aromatic N) is 3. The summed E-state index contributed by atoms with van der Waals surface area (Å²) in [5.41, 5.74) is 3.18. The molecule has 4 aromatic heterocycles. The van der Waals surface area contributed by atoms with Gasteiger partial charge >= 0.3 is 0 Å². The SMILES string of the molecule is CCC(C)Cc1c(C)sc2nc(SCc3cc(=O)n4cccc(C)c4n3)[nH]c(=O)c12. The van der Waals surface area contributed by atoms with E-state index >= 15 is 0 Å². The zero-order chi connectivity index (χ0) is 21.4. The van der Waals surface area contributed by atoms with Crippen molar-refractivity contribution in [1.29, 1.82) is 0 Å². The number of aromatic amines is 1. The third-order valence-corrected chi connectivity index (χ3v) is 7.33. The minimum Gasteiger partial charge on any atom is -0.301 e. The molecule has 30 heavy (non-hydrogen) atoms. The van der Waals surface area contributed by atoms with Crippen LogP contribution in [-0.4, -0.2) is 19.4 Å². The predicted molar refractivity (Wildman–Crippen MR) is 124 cm³/mol. The summed E-state index contributed by atoms with van der Waals surface area (Å²) in [5, 5.41) is 1.27. The molecule has 0 aliphatic heterocycles. The van der Waals surface area contributed by atoms with Crippen LogP contribution in [0.3, 0.4) is 0 Å². The van der Waals surface area contributed by atoms with E-state index < -0.39 is 0 Å². The maximum atomic E-state index is 12.8. The first kappa shape index (κ1) is 20.8. The Bertz CT molecular complexity index is 1350. The molecule has 0 amide bonds. The Kier molecular flexibility index (Phi) is 5.79. The van der Waals surface area contributed by atoms with Gasteiger partial charge in [0.05, 0.1) is 11.1 Å². The van der Waals surface area contributed by atoms with Crippen molar-refractivity contribution in [1.82, 2.24) is 19.4 Å². The molecule has 1 atom stereocenters. The lowest BCUT2D eigenvalue weighted by atomic mass is 9.98. The van der Waals surface area contributed by atoms with Gasteiger partial charge in [-0.2, -0.15) is 0 Å². The topological polar surface area (TPSA) is 80.1 Å². The number of nitrogens with one attached hydrogen (secondary N) is 1. The highest BCUT2D eigenvalue weighted by Crippen LogP contribution is 2.31. The fourth-order valence-electron chi connectivity index (χ4n) is 3.49. The summed E-state index contributed by atoms with van der Waals surface area (Å²) >= 11 is 2.96. The zero-order valence-electron chi connectivity index (χ0n) is 17.5. The Labute approximate surface area is 182 Å². The van der Waals surface area contributed by atoms with E-state index in [1.807, 2.05) is 19.1 Å². The molecule has 0 saturated carbocycles. The molecule has 6 nitrogen and oxygen atoms in total. The van der Waals surface area contributed by atoms with Gasteiger partial charge in [0.2, 0.25) is 0 Å². The summed E-state index contributed by atoms with van der Waals surface area (Å²) in [4.78, 5) is 39.4. The molecule has 0 aliphatic carbocycles. The van der Waals surface area contributed by atoms with E-state index in [2.05, 4.69) is 35.7 Å². The summed E-state index contributed by atoms with van der Waals surface area (Å²) in [7, 11) is 0. The summed E-state index contributed by atoms with van der Waals surface area (Å²) < 4.78 is 1.54. The number of pyridine rings is 1. The molecule has 0 aliphatic rings. The number of aryl methyl sites for hydroxylation is 2. The zero-order valence-corrected chi connectivity index (χ0v) is 19.1. The third kappa shape index (κ3) is 3.94. The number of aromatic nitrogens is 4. The van der Waals surface area contributed by atoms with Crippen LogP contribution in [0.25, 0.3) is 15.9 Å². The fraction of sp³-hybridized carbons (Fsp3) is 0.364. The summed E-state index contributed by atoms with van der Waals surface area (Å²) in [6.07, 6.45) is 3.69. The summed E-state index contributed by atoms with van der Waals surface area (Å²) in [5.74, 6) is 0.982. The standard InChI is InChI=1S/C22H24N4O2S2/c1-5-12(2)9-16-14(4)30-21-18(16)20(28)24-22(25-21)29-11-15-10-17(27)26-8-6-7-13(3)19(26)23-15/h6-8,10,12H,5,9,11H2,1-4H3,(H,24,25,28). The Morgan fingerprint density at radius 3 is 2.83 bits per heavy atom. The second-order valence-electron chi connectivity index (χ2n) is 7.66. The number of hydrogen-bond donors (Lipinski definition) is 1. The first-order valence-electron chi connectivity index (χ1n) is 10.00. The molecular weight excluding hydrogens is 416 g/mol. The molecule has 4 heterocycles. The Morgan fingerprint density at radius 2 is 2.07 bits per heavy atom. The molecule has 1 unspecified atom stereocenters. The van der Waals surface area contributed by atoms with Crippen LogP contribution in [0.15, 0.2) is 39.1 Å². The van der Waals surface area contributed by atoms with Gasteiger partial charge in [0.15, 0.2) is 5.16 Å². The van der Waals surface area contributed by atoms with E-state index in [1.54, 1.807) is 21.9 Å². The Hall–Kier alpha value is -2.45. The van der Waals surface area contributed by atoms with Gasteiger partial charge in [-0.25, -0.2) is 9.97 Å². The van der Waals surface area contributed by atoms with Crippen LogP contribution in [0.4, 0.5) is 0 Å². The van der Waals surface area contributed by atoms with E-state index in [1.165, 1.54) is 17.8 Å². The lowest BCUT2D eigenvalue weighted by molar-refractivity contribution is 0.561. The third-order valence-electron chi connectivity index (χ3n) is 5.39. The minimum absolute atomic E-state index is 0.0902. The first-order valence-corrected chi connectivity index (χ1v) is 11.8. The average Bonchev–Trinajstić information content (AvgIpc) is 3.02. The number of thiophene rings is 1. The number of fused-ring (bicyclic) bond motifs is 2. The molecule has 4 aromatic rings. The second kappa shape index (κ2) is 8.35. The largest absolute Gasteiger partial charge is 0.301 e. The first-order chi connectivity index (χ1) is 14.4. The van der Waals surface area contributed by atoms with E-state index in [4.69, 9.17) is 0 Å². The molecular formula is C22H24N4O2S2. The van der Waals surface area contributed by atoms with E-state index in [0.717, 1.165) is 39.1 Å². The summed E-state index contributed by atoms with van der Waals surface area (Å²) in [6, 6.07) is 5.31. The molecule has 1 N–H and O–H groups in total. The van der Waals surface area contributed by atoms with Gasteiger partial charge in [-0.15, -0.1) is 11.3 Å². The van der Waals surface area contributed by atoms with E-state index in [9.17, 15) is 9.59 Å². The fourth-order valence-corrected chi connectivity index (χ4v) is 5.35. The number of H-pyrrole nitrogens is 1. The lowest BCUT2D eigenvalue weighted by Crippen LogP contribution is -2.16. The number of hydrogen-bond acceptors (Lipinski definition) is 6. The van der Waals surface area contributed by atoms with Crippen molar-refractivity contribution in [2.45, 2.75) is 51.4 Å². The van der Waals surface area contributed by atoms with E-state index in [0.29, 0.717) is 28.2 Å². The molecule has 0 bridgehead atoms. The van der Waals surface area contributed by atoms with Crippen LogP contribution in [0.5, 0.6) is 0 Å². The quantitative estimate of drug-likeness (QED) is 0.353. The van der Waals surface area contributed by atoms with Crippen molar-refractivity contribution in [3.63, 3.8) is 0 Å². The second-order valence-corrected chi connectivity index (χ2v) is 9.83. The summed E-state index contributed by atoms with van der Waals surface area (Å²) in [6.45, 7) is 8.36. The maximum Gasteiger partial charge on any atom is 0.260 e. The van der Waals surface area contributed by atoms with Crippen molar-refractivity contribution >= 4 is 39.0 Å². The number of rotatable bonds is 6. The van der Waals surface area contributed by atoms with Gasteiger partial charge in [-0.05, 0) is 43.4 Å². The van der Waals surface area contributed by atoms with Crippen LogP contribution in [0, 0.1) is 19.8 Å². The molecule has 0 saturated heterocycles. The molecule has 0 spiro atoms. The molecule has 0 radical (unpaired) electrons. The molecule has 0 fully saturated rings. The van der Waals surface area contributed by atoms with Gasteiger partial charge in [0.1, 0.15) is 10.5 Å². The average molecular weight is 441 g/mol. The smallest absolute Gasteiger partial charge is 0.260 e. The van der Waals surface area contributed by atoms with Crippen LogP contribution < -0.4 is 11.1 Å². The van der Waals surface area contributed by atoms with Crippen molar-refractivity contribution in [2.75, 3.05) is 0 Å². The van der Waals surface area contributed by atoms with Crippen LogP contribution in [0.1, 0.15) is 42.0 Å². The highest BCUT2D eigenvalue weighted by molar-refractivity contribution is 7.98. The van der Waals surface area contributed by atoms with Crippen molar-refractivity contribution < 1.29 is 0 Å². The highest BCUT2D eigenvalue weighted by atomic mass is 32.2. The molecule has 8 heteroatoms. The van der Waals surface area contributed by atoms with E-state index in [-0.39, 0.29) is 11.1 Å². The monoisotopic (exact) mass is 440 g/mol. The van der Waals surface area contributed by atoms with Crippen LogP contribution in [0.2, 0.25) is 0 Å². The van der Waals surface area contributed by atoms with Gasteiger partial charge in [0.25, 0.3) is 11.1 Å². The minimum atomic E-state index is -0.111. The maximum absolute atomic E-state index is 12.8. The molecule has 156 valence electrons. The Balaban J connectivity index is 1.64. The van der Waals surface area contributed by atoms with Crippen molar-refractivity contribution in [2.24, 2.45) is 5.92 Å². The molecule has 0 aromatic carbocycles. The highest BCUT2D eigenvalue weighted by Gasteiger charge is 2.17. The van der Waals surface area contributed by atoms with Crippen LogP contribution >= 0.6 is 23.1 Å². The van der Waals surface area contributed by atoms with Gasteiger partial charge in [-0.1, -0.05) is 38.1 Å². The number of thioether (sulfide) groups is 1. The van der Waals surface area contributed by atoms with Gasteiger partial charge < -0.3 is 4.98 Å². The van der Waals surface area contributed by atoms with Crippen LogP contribution in [-0.2, 0) is 12.2 Å². The molecule has 4 rings (SSSR count). The van der Waals surface area contributed by atoms with Gasteiger partial charge in [-0.3, -0.25) is 14.0 Å². The Morgan fingerprint density at radius 1 is 1.27 bits per heavy atom. The normalized spacial score (nSPS) is 12.7. The van der Waals surface area contributed by atoms with Crippen molar-refractivity contribution in [3.8, 4) is 0 Å². The van der Waals surface area contributed by atoms with Crippen molar-refractivity contribution in [3.05, 3.63) is 66.8 Å².